The minimum Gasteiger partial charge on any atom is -0.337 e. The Bertz CT molecular complexity index is 869. The molecule has 2 saturated heterocycles. The fourth-order valence-corrected chi connectivity index (χ4v) is 4.32. The Morgan fingerprint density at radius 1 is 1.04 bits per heavy atom. The number of pyridine rings is 1. The number of hydrogen-bond acceptors (Lipinski definition) is 5. The Kier molecular flexibility index (Phi) is 3.33. The van der Waals surface area contributed by atoms with Gasteiger partial charge in [0, 0.05) is 17.6 Å². The molecule has 5 nitrogen and oxygen atoms in total. The van der Waals surface area contributed by atoms with Crippen molar-refractivity contribution >= 4 is 10.8 Å². The second kappa shape index (κ2) is 5.67. The van der Waals surface area contributed by atoms with E-state index in [9.17, 15) is 0 Å². The summed E-state index contributed by atoms with van der Waals surface area (Å²) in [5.41, 5.74) is 0.803. The molecule has 3 aromatic rings. The van der Waals surface area contributed by atoms with E-state index in [2.05, 4.69) is 27.2 Å². The van der Waals surface area contributed by atoms with Gasteiger partial charge in [-0.25, -0.2) is 0 Å². The largest absolute Gasteiger partial charge is 0.337 e. The molecule has 0 radical (unpaired) electrons. The lowest BCUT2D eigenvalue weighted by atomic mass is 9.96. The lowest BCUT2D eigenvalue weighted by Gasteiger charge is -2.35. The molecule has 0 saturated carbocycles. The Labute approximate surface area is 140 Å². The zero-order chi connectivity index (χ0) is 15.9. The average Bonchev–Trinajstić information content (AvgIpc) is 3.30. The van der Waals surface area contributed by atoms with Gasteiger partial charge in [0.25, 0.3) is 0 Å². The molecule has 2 aliphatic rings. The first-order valence-electron chi connectivity index (χ1n) is 8.83. The van der Waals surface area contributed by atoms with E-state index in [1.807, 2.05) is 24.4 Å². The van der Waals surface area contributed by atoms with Crippen molar-refractivity contribution in [3.05, 3.63) is 42.4 Å². The molecule has 5 heteroatoms. The molecule has 2 aliphatic heterocycles. The minimum absolute atomic E-state index is 0.280. The molecule has 0 amide bonds. The molecular weight excluding hydrogens is 300 g/mol. The maximum atomic E-state index is 5.67. The van der Waals surface area contributed by atoms with Crippen LogP contribution < -0.4 is 0 Å². The Hall–Kier alpha value is -2.27. The third-order valence-electron chi connectivity index (χ3n) is 5.45. The van der Waals surface area contributed by atoms with E-state index in [-0.39, 0.29) is 6.04 Å². The van der Waals surface area contributed by atoms with Gasteiger partial charge in [-0.1, -0.05) is 29.4 Å². The van der Waals surface area contributed by atoms with E-state index in [4.69, 9.17) is 9.51 Å². The summed E-state index contributed by atoms with van der Waals surface area (Å²) in [5, 5.41) is 6.46. The predicted molar refractivity (Wildman–Crippen MR) is 91.4 cm³/mol. The maximum absolute atomic E-state index is 5.67. The highest BCUT2D eigenvalue weighted by atomic mass is 16.5. The van der Waals surface area contributed by atoms with E-state index < -0.39 is 0 Å². The Morgan fingerprint density at radius 3 is 2.96 bits per heavy atom. The van der Waals surface area contributed by atoms with E-state index in [0.29, 0.717) is 11.9 Å². The van der Waals surface area contributed by atoms with Gasteiger partial charge in [-0.2, -0.15) is 4.98 Å². The first-order chi connectivity index (χ1) is 11.9. The van der Waals surface area contributed by atoms with Crippen molar-refractivity contribution in [1.29, 1.82) is 0 Å². The lowest BCUT2D eigenvalue weighted by Crippen LogP contribution is -2.37. The monoisotopic (exact) mass is 320 g/mol. The van der Waals surface area contributed by atoms with Crippen LogP contribution in [0.15, 0.2) is 41.1 Å². The Morgan fingerprint density at radius 2 is 1.96 bits per heavy atom. The summed E-state index contributed by atoms with van der Waals surface area (Å²) in [6, 6.07) is 11.2. The summed E-state index contributed by atoms with van der Waals surface area (Å²) in [5.74, 6) is 1.36. The van der Waals surface area contributed by atoms with Gasteiger partial charge < -0.3 is 4.52 Å². The molecule has 4 heterocycles. The van der Waals surface area contributed by atoms with Crippen LogP contribution in [0.4, 0.5) is 0 Å². The van der Waals surface area contributed by atoms with Gasteiger partial charge in [-0.05, 0) is 50.1 Å². The van der Waals surface area contributed by atoms with Crippen LogP contribution in [-0.4, -0.2) is 32.6 Å². The third-order valence-corrected chi connectivity index (χ3v) is 5.45. The smallest absolute Gasteiger partial charge is 0.244 e. The van der Waals surface area contributed by atoms with E-state index >= 15 is 0 Å². The SMILES string of the molecule is c1ccc2c(-c3noc(C4CCCC5CCCN54)n3)nccc2c1. The predicted octanol–water partition coefficient (Wildman–Crippen LogP) is 3.97. The van der Waals surface area contributed by atoms with Crippen LogP contribution in [0.1, 0.15) is 44.0 Å². The van der Waals surface area contributed by atoms with Gasteiger partial charge in [-0.15, -0.1) is 0 Å². The second-order valence-electron chi connectivity index (χ2n) is 6.82. The maximum Gasteiger partial charge on any atom is 0.244 e. The zero-order valence-electron chi connectivity index (χ0n) is 13.6. The summed E-state index contributed by atoms with van der Waals surface area (Å²) < 4.78 is 5.67. The average molecular weight is 320 g/mol. The standard InChI is InChI=1S/C19H20N4O/c1-2-8-15-13(5-1)10-11-20-17(15)18-21-19(24-22-18)16-9-3-6-14-7-4-12-23(14)16/h1-2,5,8,10-11,14,16H,3-4,6-7,9,12H2. The topological polar surface area (TPSA) is 55.1 Å². The summed E-state index contributed by atoms with van der Waals surface area (Å²) >= 11 is 0. The number of hydrogen-bond donors (Lipinski definition) is 0. The molecule has 24 heavy (non-hydrogen) atoms. The first-order valence-corrected chi connectivity index (χ1v) is 8.83. The highest BCUT2D eigenvalue weighted by Gasteiger charge is 2.37. The number of fused-ring (bicyclic) bond motifs is 2. The van der Waals surface area contributed by atoms with Crippen molar-refractivity contribution in [3.63, 3.8) is 0 Å². The van der Waals surface area contributed by atoms with Gasteiger partial charge in [0.15, 0.2) is 0 Å². The number of nitrogens with zero attached hydrogens (tertiary/aromatic N) is 4. The summed E-state index contributed by atoms with van der Waals surface area (Å²) in [7, 11) is 0. The van der Waals surface area contributed by atoms with Crippen molar-refractivity contribution in [2.24, 2.45) is 0 Å². The van der Waals surface area contributed by atoms with Crippen molar-refractivity contribution in [2.45, 2.75) is 44.2 Å². The highest BCUT2D eigenvalue weighted by Crippen LogP contribution is 2.39. The van der Waals surface area contributed by atoms with Crippen LogP contribution >= 0.6 is 0 Å². The summed E-state index contributed by atoms with van der Waals surface area (Å²) in [6.45, 7) is 1.15. The molecule has 2 atom stereocenters. The fourth-order valence-electron chi connectivity index (χ4n) is 4.32. The van der Waals surface area contributed by atoms with Gasteiger partial charge >= 0.3 is 0 Å². The summed E-state index contributed by atoms with van der Waals surface area (Å²) in [6.07, 6.45) is 8.07. The van der Waals surface area contributed by atoms with Crippen LogP contribution in [-0.2, 0) is 0 Å². The molecule has 122 valence electrons. The number of rotatable bonds is 2. The number of piperidine rings is 1. The molecule has 2 unspecified atom stereocenters. The van der Waals surface area contributed by atoms with Crippen molar-refractivity contribution in [3.8, 4) is 11.5 Å². The normalized spacial score (nSPS) is 24.3. The third kappa shape index (κ3) is 2.23. The number of benzene rings is 1. The van der Waals surface area contributed by atoms with Crippen molar-refractivity contribution < 1.29 is 4.52 Å². The van der Waals surface area contributed by atoms with Gasteiger partial charge in [-0.3, -0.25) is 9.88 Å². The molecule has 2 fully saturated rings. The summed E-state index contributed by atoms with van der Waals surface area (Å²) in [4.78, 5) is 11.8. The van der Waals surface area contributed by atoms with E-state index in [1.54, 1.807) is 0 Å². The van der Waals surface area contributed by atoms with Crippen molar-refractivity contribution in [1.82, 2.24) is 20.0 Å². The van der Waals surface area contributed by atoms with Crippen LogP contribution in [0.3, 0.4) is 0 Å². The molecule has 0 aliphatic carbocycles. The van der Waals surface area contributed by atoms with Crippen LogP contribution in [0.25, 0.3) is 22.3 Å². The zero-order valence-corrected chi connectivity index (χ0v) is 13.6. The van der Waals surface area contributed by atoms with Crippen molar-refractivity contribution in [2.75, 3.05) is 6.54 Å². The lowest BCUT2D eigenvalue weighted by molar-refractivity contribution is 0.0975. The van der Waals surface area contributed by atoms with Crippen LogP contribution in [0, 0.1) is 0 Å². The highest BCUT2D eigenvalue weighted by molar-refractivity contribution is 5.92. The Balaban J connectivity index is 1.53. The quantitative estimate of drug-likeness (QED) is 0.715. The van der Waals surface area contributed by atoms with Crippen LogP contribution in [0.5, 0.6) is 0 Å². The molecule has 0 bridgehead atoms. The van der Waals surface area contributed by atoms with E-state index in [0.717, 1.165) is 35.3 Å². The minimum atomic E-state index is 0.280. The van der Waals surface area contributed by atoms with Gasteiger partial charge in [0.05, 0.1) is 6.04 Å². The molecular formula is C19H20N4O. The van der Waals surface area contributed by atoms with E-state index in [1.165, 1.54) is 25.7 Å². The molecule has 0 N–H and O–H groups in total. The van der Waals surface area contributed by atoms with Gasteiger partial charge in [0.1, 0.15) is 5.69 Å². The van der Waals surface area contributed by atoms with Crippen LogP contribution in [0.2, 0.25) is 0 Å². The molecule has 1 aromatic carbocycles. The fraction of sp³-hybridized carbons (Fsp3) is 0.421. The first kappa shape index (κ1) is 14.1. The molecule has 5 rings (SSSR count). The number of aromatic nitrogens is 3. The second-order valence-corrected chi connectivity index (χ2v) is 6.82. The van der Waals surface area contributed by atoms with Gasteiger partial charge in [0.2, 0.25) is 11.7 Å². The molecule has 2 aromatic heterocycles. The molecule has 0 spiro atoms.